The number of nitrogens with zero attached hydrogens (tertiary/aromatic N) is 5. The highest BCUT2D eigenvalue weighted by Gasteiger charge is 2.35. The van der Waals surface area contributed by atoms with Gasteiger partial charge in [-0.15, -0.1) is 0 Å². The molecule has 4 rings (SSSR count). The lowest BCUT2D eigenvalue weighted by atomic mass is 9.92. The van der Waals surface area contributed by atoms with Gasteiger partial charge in [0.25, 0.3) is 0 Å². The van der Waals surface area contributed by atoms with Crippen LogP contribution in [-0.2, 0) is 11.3 Å². The van der Waals surface area contributed by atoms with Crippen LogP contribution >= 0.6 is 0 Å². The van der Waals surface area contributed by atoms with Crippen molar-refractivity contribution in [3.05, 3.63) is 48.3 Å². The van der Waals surface area contributed by atoms with Gasteiger partial charge >= 0.3 is 0 Å². The third-order valence-corrected chi connectivity index (χ3v) is 6.11. The van der Waals surface area contributed by atoms with Crippen LogP contribution in [0.4, 0.5) is 5.95 Å². The molecule has 1 atom stereocenters. The Morgan fingerprint density at radius 1 is 1.12 bits per heavy atom. The van der Waals surface area contributed by atoms with Crippen LogP contribution < -0.4 is 9.64 Å². The first-order chi connectivity index (χ1) is 15.6. The molecule has 0 radical (unpaired) electrons. The highest BCUT2D eigenvalue weighted by atomic mass is 16.5. The van der Waals surface area contributed by atoms with E-state index in [9.17, 15) is 5.11 Å². The number of anilines is 1. The normalized spacial score (nSPS) is 22.3. The fourth-order valence-corrected chi connectivity index (χ4v) is 4.55. The van der Waals surface area contributed by atoms with Gasteiger partial charge in [-0.05, 0) is 43.7 Å². The summed E-state index contributed by atoms with van der Waals surface area (Å²) in [6, 6.07) is 10.1. The van der Waals surface area contributed by atoms with Gasteiger partial charge in [0, 0.05) is 51.7 Å². The van der Waals surface area contributed by atoms with Crippen LogP contribution in [0.15, 0.2) is 42.7 Å². The van der Waals surface area contributed by atoms with Crippen molar-refractivity contribution in [1.29, 1.82) is 0 Å². The lowest BCUT2D eigenvalue weighted by molar-refractivity contribution is -0.00366. The first kappa shape index (κ1) is 22.9. The molecule has 2 aromatic rings. The topological polar surface area (TPSA) is 74.2 Å². The van der Waals surface area contributed by atoms with Crippen LogP contribution in [0.1, 0.15) is 18.4 Å². The second kappa shape index (κ2) is 11.0. The van der Waals surface area contributed by atoms with Gasteiger partial charge in [0.1, 0.15) is 12.4 Å². The average molecular weight is 442 g/mol. The second-order valence-electron chi connectivity index (χ2n) is 8.92. The van der Waals surface area contributed by atoms with Crippen LogP contribution in [0.3, 0.4) is 0 Å². The third-order valence-electron chi connectivity index (χ3n) is 6.11. The van der Waals surface area contributed by atoms with Crippen LogP contribution in [0.2, 0.25) is 0 Å². The Kier molecular flexibility index (Phi) is 7.91. The van der Waals surface area contributed by atoms with Crippen LogP contribution in [-0.4, -0.2) is 96.6 Å². The van der Waals surface area contributed by atoms with Gasteiger partial charge in [-0.2, -0.15) is 0 Å². The van der Waals surface area contributed by atoms with E-state index in [0.717, 1.165) is 64.5 Å². The molecule has 1 aromatic heterocycles. The number of hydrogen-bond donors (Lipinski definition) is 1. The molecule has 0 aliphatic carbocycles. The number of aliphatic hydroxyl groups is 1. The molecule has 8 nitrogen and oxygen atoms in total. The van der Waals surface area contributed by atoms with E-state index in [4.69, 9.17) is 9.47 Å². The summed E-state index contributed by atoms with van der Waals surface area (Å²) in [5.74, 6) is 1.59. The predicted molar refractivity (Wildman–Crippen MR) is 124 cm³/mol. The Morgan fingerprint density at radius 2 is 1.88 bits per heavy atom. The maximum absolute atomic E-state index is 11.2. The molecule has 1 N–H and O–H groups in total. The summed E-state index contributed by atoms with van der Waals surface area (Å²) < 4.78 is 11.3. The van der Waals surface area contributed by atoms with E-state index in [1.807, 2.05) is 18.2 Å². The van der Waals surface area contributed by atoms with Crippen molar-refractivity contribution in [3.8, 4) is 5.75 Å². The maximum Gasteiger partial charge on any atom is 0.225 e. The van der Waals surface area contributed by atoms with E-state index in [2.05, 4.69) is 43.8 Å². The largest absolute Gasteiger partial charge is 0.492 e. The average Bonchev–Trinajstić information content (AvgIpc) is 2.81. The van der Waals surface area contributed by atoms with E-state index in [-0.39, 0.29) is 0 Å². The minimum absolute atomic E-state index is 0.553. The zero-order valence-electron chi connectivity index (χ0n) is 19.0. The molecule has 0 amide bonds. The van der Waals surface area contributed by atoms with E-state index < -0.39 is 5.60 Å². The number of ether oxygens (including phenoxy) is 2. The Morgan fingerprint density at radius 3 is 2.62 bits per heavy atom. The summed E-state index contributed by atoms with van der Waals surface area (Å²) in [5.41, 5.74) is 0.435. The first-order valence-electron chi connectivity index (χ1n) is 11.5. The van der Waals surface area contributed by atoms with Gasteiger partial charge in [0.2, 0.25) is 5.95 Å². The zero-order valence-corrected chi connectivity index (χ0v) is 19.0. The monoisotopic (exact) mass is 441 g/mol. The van der Waals surface area contributed by atoms with Crippen LogP contribution in [0.5, 0.6) is 5.75 Å². The summed E-state index contributed by atoms with van der Waals surface area (Å²) in [4.78, 5) is 15.3. The van der Waals surface area contributed by atoms with Crippen LogP contribution in [0, 0.1) is 0 Å². The minimum Gasteiger partial charge on any atom is -0.492 e. The summed E-state index contributed by atoms with van der Waals surface area (Å²) in [5, 5.41) is 11.2. The van der Waals surface area contributed by atoms with E-state index in [1.54, 1.807) is 12.4 Å². The molecule has 2 fully saturated rings. The standard InChI is InChI=1S/C24H35N5O3/c1-27(19-24(30)8-2-11-29(20-24)23-25-9-3-10-26-23)18-21-4-6-22(7-5-21)32-17-14-28-12-15-31-16-13-28/h3-7,9-10,30H,2,8,11-20H2,1H3/t24-/m0/s1. The molecule has 3 heterocycles. The Balaban J connectivity index is 1.23. The molecule has 2 saturated heterocycles. The Labute approximate surface area is 190 Å². The third kappa shape index (κ3) is 6.62. The van der Waals surface area contributed by atoms with Gasteiger partial charge in [-0.1, -0.05) is 12.1 Å². The molecule has 0 spiro atoms. The molecule has 2 aliphatic rings. The smallest absolute Gasteiger partial charge is 0.225 e. The number of β-amino-alcohol motifs (C(OH)–C–C–N with tert-alkyl or cyclic N) is 1. The number of rotatable bonds is 9. The lowest BCUT2D eigenvalue weighted by Gasteiger charge is -2.41. The SMILES string of the molecule is CN(Cc1ccc(OCCN2CCOCC2)cc1)C[C@@]1(O)CCCN(c2ncccn2)C1. The predicted octanol–water partition coefficient (Wildman–Crippen LogP) is 1.65. The van der Waals surface area contributed by atoms with Crippen molar-refractivity contribution in [2.75, 3.05) is 71.0 Å². The van der Waals surface area contributed by atoms with E-state index in [1.165, 1.54) is 5.56 Å². The molecule has 32 heavy (non-hydrogen) atoms. The Hall–Kier alpha value is -2.26. The van der Waals surface area contributed by atoms with Crippen molar-refractivity contribution in [2.45, 2.75) is 25.0 Å². The summed E-state index contributed by atoms with van der Waals surface area (Å²) in [7, 11) is 2.06. The van der Waals surface area contributed by atoms with Gasteiger partial charge in [0.05, 0.1) is 25.4 Å². The zero-order chi connectivity index (χ0) is 22.2. The minimum atomic E-state index is -0.769. The highest BCUT2D eigenvalue weighted by molar-refractivity contribution is 5.31. The highest BCUT2D eigenvalue weighted by Crippen LogP contribution is 2.25. The van der Waals surface area contributed by atoms with Crippen LogP contribution in [0.25, 0.3) is 0 Å². The van der Waals surface area contributed by atoms with Crippen molar-refractivity contribution in [3.63, 3.8) is 0 Å². The summed E-state index contributed by atoms with van der Waals surface area (Å²) in [6.45, 7) is 8.02. The first-order valence-corrected chi connectivity index (χ1v) is 11.5. The number of piperidine rings is 1. The molecule has 174 valence electrons. The van der Waals surface area contributed by atoms with Gasteiger partial charge < -0.3 is 19.5 Å². The molecule has 2 aliphatic heterocycles. The molecular weight excluding hydrogens is 406 g/mol. The fraction of sp³-hybridized carbons (Fsp3) is 0.583. The second-order valence-corrected chi connectivity index (χ2v) is 8.92. The fourth-order valence-electron chi connectivity index (χ4n) is 4.55. The summed E-state index contributed by atoms with van der Waals surface area (Å²) in [6.07, 6.45) is 5.21. The maximum atomic E-state index is 11.2. The lowest BCUT2D eigenvalue weighted by Crippen LogP contribution is -2.54. The molecule has 0 bridgehead atoms. The van der Waals surface area contributed by atoms with Crippen molar-refractivity contribution in [2.24, 2.45) is 0 Å². The number of benzene rings is 1. The summed E-state index contributed by atoms with van der Waals surface area (Å²) >= 11 is 0. The quantitative estimate of drug-likeness (QED) is 0.630. The van der Waals surface area contributed by atoms with Crippen molar-refractivity contribution in [1.82, 2.24) is 19.8 Å². The van der Waals surface area contributed by atoms with E-state index >= 15 is 0 Å². The molecule has 1 aromatic carbocycles. The molecule has 0 unspecified atom stereocenters. The van der Waals surface area contributed by atoms with Gasteiger partial charge in [-0.25, -0.2) is 9.97 Å². The van der Waals surface area contributed by atoms with Gasteiger partial charge in [0.15, 0.2) is 0 Å². The Bertz CT molecular complexity index is 816. The number of aromatic nitrogens is 2. The van der Waals surface area contributed by atoms with Crippen molar-refractivity contribution < 1.29 is 14.6 Å². The molecular formula is C24H35N5O3. The molecule has 0 saturated carbocycles. The van der Waals surface area contributed by atoms with Crippen molar-refractivity contribution >= 4 is 5.95 Å². The number of likely N-dealkylation sites (N-methyl/N-ethyl adjacent to an activating group) is 1. The number of morpholine rings is 1. The van der Waals surface area contributed by atoms with Gasteiger partial charge in [-0.3, -0.25) is 9.80 Å². The van der Waals surface area contributed by atoms with E-state index in [0.29, 0.717) is 25.6 Å². The number of hydrogen-bond acceptors (Lipinski definition) is 8. The molecule has 8 heteroatoms.